The van der Waals surface area contributed by atoms with Crippen molar-refractivity contribution in [3.63, 3.8) is 0 Å². The van der Waals surface area contributed by atoms with E-state index in [1.807, 2.05) is 4.90 Å². The van der Waals surface area contributed by atoms with Gasteiger partial charge in [-0.1, -0.05) is 0 Å². The summed E-state index contributed by atoms with van der Waals surface area (Å²) in [7, 11) is 0. The van der Waals surface area contributed by atoms with Crippen LogP contribution in [-0.4, -0.2) is 59.1 Å². The lowest BCUT2D eigenvalue weighted by atomic mass is 10.00. The normalized spacial score (nSPS) is 31.6. The third-order valence-electron chi connectivity index (χ3n) is 5.56. The third-order valence-corrected chi connectivity index (χ3v) is 5.56. The highest BCUT2D eigenvalue weighted by Crippen LogP contribution is 2.45. The summed E-state index contributed by atoms with van der Waals surface area (Å²) in [5.74, 6) is -0.223. The Labute approximate surface area is 140 Å². The van der Waals surface area contributed by atoms with Gasteiger partial charge in [0.25, 0.3) is 11.8 Å². The number of hydrogen-bond acceptors (Lipinski definition) is 4. The quantitative estimate of drug-likeness (QED) is 0.753. The van der Waals surface area contributed by atoms with Crippen molar-refractivity contribution in [3.05, 3.63) is 23.5 Å². The molecule has 2 atom stereocenters. The summed E-state index contributed by atoms with van der Waals surface area (Å²) in [6, 6.07) is 1.63. The standard InChI is InChI=1S/C17H24N4O3/c18-16-3-4-17(9-16,24-11-16)10-20-14(22)12-7-13(19-8-12)15(23)21-5-1-2-6-21/h7-8,19H,1-6,9-11,18H2,(H,20,22). The molecule has 4 rings (SSSR count). The van der Waals surface area contributed by atoms with Crippen LogP contribution in [0.3, 0.4) is 0 Å². The maximum absolute atomic E-state index is 12.4. The number of fused-ring (bicyclic) bond motifs is 2. The highest BCUT2D eigenvalue weighted by atomic mass is 16.5. The lowest BCUT2D eigenvalue weighted by Crippen LogP contribution is -2.41. The van der Waals surface area contributed by atoms with E-state index in [-0.39, 0.29) is 23.0 Å². The Morgan fingerprint density at radius 2 is 2.12 bits per heavy atom. The van der Waals surface area contributed by atoms with Crippen molar-refractivity contribution in [2.24, 2.45) is 5.73 Å². The Bertz CT molecular complexity index is 655. The second-order valence-electron chi connectivity index (χ2n) is 7.49. The van der Waals surface area contributed by atoms with Gasteiger partial charge in [-0.2, -0.15) is 0 Å². The summed E-state index contributed by atoms with van der Waals surface area (Å²) in [5, 5.41) is 2.93. The van der Waals surface area contributed by atoms with Gasteiger partial charge in [-0.25, -0.2) is 0 Å². The van der Waals surface area contributed by atoms with Gasteiger partial charge in [0.05, 0.1) is 17.8 Å². The highest BCUT2D eigenvalue weighted by Gasteiger charge is 2.53. The first kappa shape index (κ1) is 15.7. The van der Waals surface area contributed by atoms with Gasteiger partial charge in [0.1, 0.15) is 5.69 Å². The minimum absolute atomic E-state index is 0.0343. The summed E-state index contributed by atoms with van der Waals surface area (Å²) in [5.41, 5.74) is 6.64. The number of nitrogens with zero attached hydrogens (tertiary/aromatic N) is 1. The number of nitrogens with two attached hydrogens (primary N) is 1. The number of rotatable bonds is 4. The van der Waals surface area contributed by atoms with Crippen LogP contribution >= 0.6 is 0 Å². The summed E-state index contributed by atoms with van der Waals surface area (Å²) in [4.78, 5) is 29.4. The van der Waals surface area contributed by atoms with E-state index in [4.69, 9.17) is 10.5 Å². The molecule has 0 radical (unpaired) electrons. The predicted octanol–water partition coefficient (Wildman–Crippen LogP) is 0.631. The van der Waals surface area contributed by atoms with Crippen molar-refractivity contribution in [2.75, 3.05) is 26.2 Å². The largest absolute Gasteiger partial charge is 0.371 e. The smallest absolute Gasteiger partial charge is 0.270 e. The number of hydrogen-bond donors (Lipinski definition) is 3. The van der Waals surface area contributed by atoms with Crippen LogP contribution in [-0.2, 0) is 4.74 Å². The van der Waals surface area contributed by atoms with Crippen LogP contribution in [0, 0.1) is 0 Å². The van der Waals surface area contributed by atoms with Gasteiger partial charge in [-0.3, -0.25) is 9.59 Å². The molecule has 130 valence electrons. The van der Waals surface area contributed by atoms with E-state index in [9.17, 15) is 9.59 Å². The lowest BCUT2D eigenvalue weighted by Gasteiger charge is -2.27. The number of carbonyl (C=O) groups is 2. The molecule has 7 heteroatoms. The summed E-state index contributed by atoms with van der Waals surface area (Å²) < 4.78 is 5.83. The second-order valence-corrected chi connectivity index (χ2v) is 7.49. The molecule has 3 aliphatic rings. The Kier molecular flexibility index (Phi) is 3.65. The number of aromatic nitrogens is 1. The number of aromatic amines is 1. The summed E-state index contributed by atoms with van der Waals surface area (Å²) >= 11 is 0. The van der Waals surface area contributed by atoms with Crippen molar-refractivity contribution < 1.29 is 14.3 Å². The van der Waals surface area contributed by atoms with Gasteiger partial charge in [0.15, 0.2) is 0 Å². The molecule has 1 saturated carbocycles. The molecule has 2 bridgehead atoms. The molecule has 2 aliphatic heterocycles. The average Bonchev–Trinajstić information content (AvgIpc) is 3.33. The molecule has 2 saturated heterocycles. The molecule has 0 spiro atoms. The fourth-order valence-corrected chi connectivity index (χ4v) is 4.12. The molecule has 1 aromatic rings. The maximum atomic E-state index is 12.4. The molecule has 4 N–H and O–H groups in total. The monoisotopic (exact) mass is 332 g/mol. The fourth-order valence-electron chi connectivity index (χ4n) is 4.12. The molecule has 2 unspecified atom stereocenters. The van der Waals surface area contributed by atoms with Crippen LogP contribution in [0.1, 0.15) is 53.0 Å². The van der Waals surface area contributed by atoms with Gasteiger partial charge in [-0.15, -0.1) is 0 Å². The molecular weight excluding hydrogens is 308 g/mol. The fraction of sp³-hybridized carbons (Fsp3) is 0.647. The molecular formula is C17H24N4O3. The lowest BCUT2D eigenvalue weighted by molar-refractivity contribution is -0.0173. The predicted molar refractivity (Wildman–Crippen MR) is 87.7 cm³/mol. The number of H-pyrrole nitrogens is 1. The first-order chi connectivity index (χ1) is 11.5. The van der Waals surface area contributed by atoms with E-state index in [1.54, 1.807) is 12.3 Å². The first-order valence-corrected chi connectivity index (χ1v) is 8.68. The van der Waals surface area contributed by atoms with E-state index in [0.717, 1.165) is 45.2 Å². The molecule has 24 heavy (non-hydrogen) atoms. The molecule has 0 aromatic carbocycles. The molecule has 1 aromatic heterocycles. The van der Waals surface area contributed by atoms with Gasteiger partial charge in [0.2, 0.25) is 0 Å². The van der Waals surface area contributed by atoms with E-state index in [0.29, 0.717) is 24.4 Å². The summed E-state index contributed by atoms with van der Waals surface area (Å²) in [6.45, 7) is 2.62. The summed E-state index contributed by atoms with van der Waals surface area (Å²) in [6.07, 6.45) is 6.31. The maximum Gasteiger partial charge on any atom is 0.270 e. The van der Waals surface area contributed by atoms with Crippen molar-refractivity contribution in [3.8, 4) is 0 Å². The van der Waals surface area contributed by atoms with E-state index < -0.39 is 0 Å². The Morgan fingerprint density at radius 3 is 2.75 bits per heavy atom. The molecule has 1 aliphatic carbocycles. The van der Waals surface area contributed by atoms with Crippen molar-refractivity contribution >= 4 is 11.8 Å². The van der Waals surface area contributed by atoms with Crippen LogP contribution in [0.4, 0.5) is 0 Å². The second kappa shape index (κ2) is 5.60. The zero-order valence-electron chi connectivity index (χ0n) is 13.8. The van der Waals surface area contributed by atoms with Crippen molar-refractivity contribution in [1.82, 2.24) is 15.2 Å². The number of carbonyl (C=O) groups excluding carboxylic acids is 2. The highest BCUT2D eigenvalue weighted by molar-refractivity contribution is 5.99. The van der Waals surface area contributed by atoms with Gasteiger partial charge in [-0.05, 0) is 38.2 Å². The van der Waals surface area contributed by atoms with Crippen LogP contribution in [0.15, 0.2) is 12.3 Å². The van der Waals surface area contributed by atoms with Gasteiger partial charge < -0.3 is 25.7 Å². The van der Waals surface area contributed by atoms with E-state index >= 15 is 0 Å². The van der Waals surface area contributed by atoms with Crippen LogP contribution in [0.5, 0.6) is 0 Å². The van der Waals surface area contributed by atoms with Crippen LogP contribution in [0.2, 0.25) is 0 Å². The van der Waals surface area contributed by atoms with Gasteiger partial charge in [0, 0.05) is 31.4 Å². The van der Waals surface area contributed by atoms with E-state index in [1.165, 1.54) is 0 Å². The van der Waals surface area contributed by atoms with Crippen molar-refractivity contribution in [1.29, 1.82) is 0 Å². The molecule has 2 amide bonds. The minimum atomic E-state index is -0.311. The Hall–Kier alpha value is -1.86. The number of likely N-dealkylation sites (tertiary alicyclic amines) is 1. The SMILES string of the molecule is NC12CCC(CNC(=O)c3c[nH]c(C(=O)N4CCCC4)c3)(C1)OC2. The zero-order valence-corrected chi connectivity index (χ0v) is 13.8. The van der Waals surface area contributed by atoms with Gasteiger partial charge >= 0.3 is 0 Å². The zero-order chi connectivity index (χ0) is 16.8. The number of nitrogens with one attached hydrogen (secondary N) is 2. The van der Waals surface area contributed by atoms with Crippen molar-refractivity contribution in [2.45, 2.75) is 43.2 Å². The molecule has 7 nitrogen and oxygen atoms in total. The number of ether oxygens (including phenoxy) is 1. The number of amides is 2. The molecule has 3 heterocycles. The van der Waals surface area contributed by atoms with Crippen LogP contribution in [0.25, 0.3) is 0 Å². The Balaban J connectivity index is 1.36. The van der Waals surface area contributed by atoms with E-state index in [2.05, 4.69) is 10.3 Å². The third kappa shape index (κ3) is 2.71. The average molecular weight is 332 g/mol. The minimum Gasteiger partial charge on any atom is -0.371 e. The topological polar surface area (TPSA) is 100 Å². The first-order valence-electron chi connectivity index (χ1n) is 8.68. The molecule has 3 fully saturated rings. The Morgan fingerprint density at radius 1 is 1.33 bits per heavy atom. The van der Waals surface area contributed by atoms with Crippen LogP contribution < -0.4 is 11.1 Å².